The molecule has 2 aromatic rings. The van der Waals surface area contributed by atoms with Gasteiger partial charge in [0.2, 0.25) is 5.91 Å². The van der Waals surface area contributed by atoms with Crippen molar-refractivity contribution in [2.45, 2.75) is 51.0 Å². The van der Waals surface area contributed by atoms with E-state index >= 15 is 0 Å². The number of amides is 1. The quantitative estimate of drug-likeness (QED) is 0.831. The molecule has 0 bridgehead atoms. The lowest BCUT2D eigenvalue weighted by Gasteiger charge is -2.36. The predicted octanol–water partition coefficient (Wildman–Crippen LogP) is 3.49. The van der Waals surface area contributed by atoms with E-state index in [-0.39, 0.29) is 5.91 Å². The molecule has 27 heavy (non-hydrogen) atoms. The van der Waals surface area contributed by atoms with Crippen molar-refractivity contribution in [2.24, 2.45) is 0 Å². The van der Waals surface area contributed by atoms with Gasteiger partial charge in [0.1, 0.15) is 5.82 Å². The van der Waals surface area contributed by atoms with Gasteiger partial charge in [-0.1, -0.05) is 30.3 Å². The van der Waals surface area contributed by atoms with Gasteiger partial charge >= 0.3 is 0 Å². The Kier molecular flexibility index (Phi) is 5.58. The van der Waals surface area contributed by atoms with Gasteiger partial charge in [0.15, 0.2) is 0 Å². The molecule has 1 aromatic heterocycles. The molecule has 4 rings (SSSR count). The average Bonchev–Trinajstić information content (AvgIpc) is 3.11. The highest BCUT2D eigenvalue weighted by molar-refractivity contribution is 5.78. The molecular formula is C22H29N3O2. The lowest BCUT2D eigenvalue weighted by molar-refractivity contribution is -0.132. The molecule has 0 radical (unpaired) electrons. The average molecular weight is 367 g/mol. The zero-order valence-electron chi connectivity index (χ0n) is 16.1. The van der Waals surface area contributed by atoms with E-state index < -0.39 is 0 Å². The van der Waals surface area contributed by atoms with Crippen LogP contribution in [-0.4, -0.2) is 46.7 Å². The number of benzene rings is 1. The fraction of sp³-hybridized carbons (Fsp3) is 0.545. The second-order valence-corrected chi connectivity index (χ2v) is 7.81. The second kappa shape index (κ2) is 8.26. The molecule has 0 aliphatic carbocycles. The maximum absolute atomic E-state index is 12.8. The standard InChI is InChI=1S/C22H29N3O2/c1-17-15-23-22(19-9-12-27-13-10-19)25(17)20-8-5-11-24(16-20)21(26)14-18-6-3-2-4-7-18/h2-4,6-7,15,19-20H,5,8-14,16H2,1H3. The van der Waals surface area contributed by atoms with Gasteiger partial charge in [-0.3, -0.25) is 4.79 Å². The summed E-state index contributed by atoms with van der Waals surface area (Å²) < 4.78 is 7.94. The Morgan fingerprint density at radius 2 is 1.96 bits per heavy atom. The third kappa shape index (κ3) is 4.08. The van der Waals surface area contributed by atoms with Gasteiger partial charge in [0.05, 0.1) is 12.5 Å². The van der Waals surface area contributed by atoms with Crippen LogP contribution in [0.15, 0.2) is 36.5 Å². The van der Waals surface area contributed by atoms with Gasteiger partial charge in [0.25, 0.3) is 0 Å². The van der Waals surface area contributed by atoms with Crippen LogP contribution in [0.1, 0.15) is 54.7 Å². The first-order valence-corrected chi connectivity index (χ1v) is 10.2. The summed E-state index contributed by atoms with van der Waals surface area (Å²) in [4.78, 5) is 19.6. The Labute approximate surface area is 161 Å². The minimum atomic E-state index is 0.233. The van der Waals surface area contributed by atoms with Crippen LogP contribution >= 0.6 is 0 Å². The Balaban J connectivity index is 1.48. The van der Waals surface area contributed by atoms with Crippen molar-refractivity contribution in [3.63, 3.8) is 0 Å². The monoisotopic (exact) mass is 367 g/mol. The van der Waals surface area contributed by atoms with E-state index in [2.05, 4.69) is 11.5 Å². The highest BCUT2D eigenvalue weighted by Gasteiger charge is 2.29. The number of likely N-dealkylation sites (tertiary alicyclic amines) is 1. The fourth-order valence-corrected chi connectivity index (χ4v) is 4.47. The number of ether oxygens (including phenoxy) is 1. The molecule has 1 aromatic carbocycles. The van der Waals surface area contributed by atoms with Gasteiger partial charge in [-0.15, -0.1) is 0 Å². The number of rotatable bonds is 4. The number of imidazole rings is 1. The SMILES string of the molecule is Cc1cnc(C2CCOCC2)n1C1CCCN(C(=O)Cc2ccccc2)C1. The van der Waals surface area contributed by atoms with Gasteiger partial charge < -0.3 is 14.2 Å². The first-order chi connectivity index (χ1) is 13.2. The largest absolute Gasteiger partial charge is 0.381 e. The predicted molar refractivity (Wildman–Crippen MR) is 105 cm³/mol. The van der Waals surface area contributed by atoms with Crippen molar-refractivity contribution < 1.29 is 9.53 Å². The maximum atomic E-state index is 12.8. The van der Waals surface area contributed by atoms with Crippen molar-refractivity contribution in [3.8, 4) is 0 Å². The van der Waals surface area contributed by atoms with Crippen LogP contribution < -0.4 is 0 Å². The first-order valence-electron chi connectivity index (χ1n) is 10.2. The molecule has 2 saturated heterocycles. The molecule has 0 saturated carbocycles. The molecule has 2 aliphatic heterocycles. The van der Waals surface area contributed by atoms with Crippen LogP contribution in [0, 0.1) is 6.92 Å². The van der Waals surface area contributed by atoms with Gasteiger partial charge in [-0.25, -0.2) is 4.98 Å². The molecular weight excluding hydrogens is 338 g/mol. The Morgan fingerprint density at radius 3 is 2.74 bits per heavy atom. The molecule has 2 aliphatic rings. The molecule has 0 N–H and O–H groups in total. The lowest BCUT2D eigenvalue weighted by Crippen LogP contribution is -2.42. The van der Waals surface area contributed by atoms with Crippen molar-refractivity contribution in [3.05, 3.63) is 53.6 Å². The molecule has 1 atom stereocenters. The Bertz CT molecular complexity index is 765. The van der Waals surface area contributed by atoms with Crippen LogP contribution in [0.25, 0.3) is 0 Å². The Morgan fingerprint density at radius 1 is 1.19 bits per heavy atom. The molecule has 0 spiro atoms. The first kappa shape index (κ1) is 18.2. The normalized spacial score (nSPS) is 21.4. The summed E-state index contributed by atoms with van der Waals surface area (Å²) in [5.74, 6) is 1.90. The van der Waals surface area contributed by atoms with Crippen LogP contribution in [0.5, 0.6) is 0 Å². The van der Waals surface area contributed by atoms with E-state index in [1.807, 2.05) is 41.4 Å². The molecule has 1 amide bonds. The lowest BCUT2D eigenvalue weighted by atomic mass is 9.97. The minimum absolute atomic E-state index is 0.233. The fourth-order valence-electron chi connectivity index (χ4n) is 4.47. The second-order valence-electron chi connectivity index (χ2n) is 7.81. The minimum Gasteiger partial charge on any atom is -0.381 e. The van der Waals surface area contributed by atoms with E-state index in [4.69, 9.17) is 9.72 Å². The molecule has 2 fully saturated rings. The van der Waals surface area contributed by atoms with Crippen LogP contribution in [-0.2, 0) is 16.0 Å². The number of piperidine rings is 1. The zero-order chi connectivity index (χ0) is 18.6. The van der Waals surface area contributed by atoms with Crippen molar-refractivity contribution in [1.29, 1.82) is 0 Å². The highest BCUT2D eigenvalue weighted by atomic mass is 16.5. The van der Waals surface area contributed by atoms with E-state index in [9.17, 15) is 4.79 Å². The summed E-state index contributed by atoms with van der Waals surface area (Å²) in [7, 11) is 0. The number of hydrogen-bond acceptors (Lipinski definition) is 3. The van der Waals surface area contributed by atoms with Crippen LogP contribution in [0.2, 0.25) is 0 Å². The summed E-state index contributed by atoms with van der Waals surface area (Å²) in [6.45, 7) is 5.44. The summed E-state index contributed by atoms with van der Waals surface area (Å²) in [5.41, 5.74) is 2.30. The number of nitrogens with zero attached hydrogens (tertiary/aromatic N) is 3. The van der Waals surface area contributed by atoms with Gasteiger partial charge in [-0.2, -0.15) is 0 Å². The molecule has 5 heteroatoms. The van der Waals surface area contributed by atoms with E-state index in [0.29, 0.717) is 18.4 Å². The van der Waals surface area contributed by atoms with Crippen LogP contribution in [0.3, 0.4) is 0 Å². The molecule has 5 nitrogen and oxygen atoms in total. The van der Waals surface area contributed by atoms with Crippen molar-refractivity contribution >= 4 is 5.91 Å². The number of aromatic nitrogens is 2. The zero-order valence-corrected chi connectivity index (χ0v) is 16.1. The Hall–Kier alpha value is -2.14. The van der Waals surface area contributed by atoms with Gasteiger partial charge in [-0.05, 0) is 38.2 Å². The topological polar surface area (TPSA) is 47.4 Å². The van der Waals surface area contributed by atoms with E-state index in [1.165, 1.54) is 11.5 Å². The molecule has 144 valence electrons. The maximum Gasteiger partial charge on any atom is 0.227 e. The number of hydrogen-bond donors (Lipinski definition) is 0. The number of carbonyl (C=O) groups is 1. The van der Waals surface area contributed by atoms with E-state index in [0.717, 1.165) is 57.6 Å². The third-order valence-electron chi connectivity index (χ3n) is 5.91. The van der Waals surface area contributed by atoms with Gasteiger partial charge in [0, 0.05) is 44.1 Å². The number of aryl methyl sites for hydroxylation is 1. The molecule has 1 unspecified atom stereocenters. The van der Waals surface area contributed by atoms with Crippen molar-refractivity contribution in [1.82, 2.24) is 14.5 Å². The smallest absolute Gasteiger partial charge is 0.227 e. The van der Waals surface area contributed by atoms with Crippen molar-refractivity contribution in [2.75, 3.05) is 26.3 Å². The van der Waals surface area contributed by atoms with E-state index in [1.54, 1.807) is 0 Å². The number of carbonyl (C=O) groups excluding carboxylic acids is 1. The summed E-state index contributed by atoms with van der Waals surface area (Å²) in [5, 5.41) is 0. The van der Waals surface area contributed by atoms with Crippen LogP contribution in [0.4, 0.5) is 0 Å². The summed E-state index contributed by atoms with van der Waals surface area (Å²) in [6, 6.07) is 10.4. The summed E-state index contributed by atoms with van der Waals surface area (Å²) in [6.07, 6.45) is 6.73. The third-order valence-corrected chi connectivity index (χ3v) is 5.91. The summed E-state index contributed by atoms with van der Waals surface area (Å²) >= 11 is 0. The highest BCUT2D eigenvalue weighted by Crippen LogP contribution is 2.32. The molecule has 3 heterocycles.